The van der Waals surface area contributed by atoms with E-state index in [2.05, 4.69) is 12.6 Å². The largest absolute Gasteiger partial charge is 0.490 e. The topological polar surface area (TPSA) is 9.23 Å². The minimum Gasteiger partial charge on any atom is -0.490 e. The zero-order chi connectivity index (χ0) is 8.10. The van der Waals surface area contributed by atoms with Crippen LogP contribution in [0.4, 0.5) is 0 Å². The molecule has 0 saturated heterocycles. The Morgan fingerprint density at radius 3 is 2.82 bits per heavy atom. The van der Waals surface area contributed by atoms with E-state index in [9.17, 15) is 0 Å². The first-order chi connectivity index (χ1) is 5.34. The van der Waals surface area contributed by atoms with Crippen molar-refractivity contribution in [2.45, 2.75) is 0 Å². The van der Waals surface area contributed by atoms with Gasteiger partial charge in [0.15, 0.2) is 0 Å². The summed E-state index contributed by atoms with van der Waals surface area (Å²) in [5.41, 5.74) is 0. The van der Waals surface area contributed by atoms with Crippen LogP contribution >= 0.6 is 0 Å². The van der Waals surface area contributed by atoms with Gasteiger partial charge in [-0.3, -0.25) is 0 Å². The van der Waals surface area contributed by atoms with E-state index >= 15 is 0 Å². The molecule has 0 heterocycles. The Hall–Kier alpha value is -1.02. The van der Waals surface area contributed by atoms with Gasteiger partial charge in [0.1, 0.15) is 12.4 Å². The monoisotopic (exact) mass is 164 g/mol. The zero-order valence-corrected chi connectivity index (χ0v) is 8.71. The quantitative estimate of drug-likeness (QED) is 0.459. The molecule has 0 N–H and O–H groups in total. The molecule has 0 radical (unpaired) electrons. The molecular formula is C9H12OSi. The molecule has 1 rings (SSSR count). The third-order valence-corrected chi connectivity index (χ3v) is 2.28. The fourth-order valence-electron chi connectivity index (χ4n) is 0.867. The molecule has 1 nitrogen and oxygen atoms in total. The molecule has 0 bridgehead atoms. The second-order valence-corrected chi connectivity index (χ2v) is 3.44. The molecule has 0 amide bonds. The van der Waals surface area contributed by atoms with E-state index in [0.29, 0.717) is 6.61 Å². The van der Waals surface area contributed by atoms with E-state index in [-0.39, 0.29) is 0 Å². The Morgan fingerprint density at radius 2 is 2.18 bits per heavy atom. The van der Waals surface area contributed by atoms with E-state index in [1.165, 1.54) is 5.19 Å². The van der Waals surface area contributed by atoms with E-state index in [0.717, 1.165) is 16.0 Å². The van der Waals surface area contributed by atoms with Gasteiger partial charge in [0, 0.05) is 10.2 Å². The number of ether oxygens (including phenoxy) is 1. The van der Waals surface area contributed by atoms with Gasteiger partial charge < -0.3 is 4.74 Å². The summed E-state index contributed by atoms with van der Waals surface area (Å²) in [5, 5.41) is 1.30. The fourth-order valence-corrected chi connectivity index (χ4v) is 1.37. The molecule has 0 fully saturated rings. The first kappa shape index (κ1) is 8.08. The van der Waals surface area contributed by atoms with Crippen LogP contribution in [-0.2, 0) is 0 Å². The lowest BCUT2D eigenvalue weighted by molar-refractivity contribution is 0.366. The number of hydrogen-bond acceptors (Lipinski definition) is 1. The Balaban J connectivity index is 2.69. The van der Waals surface area contributed by atoms with Crippen molar-refractivity contribution < 1.29 is 4.74 Å². The predicted molar refractivity (Wildman–Crippen MR) is 51.7 cm³/mol. The second-order valence-electron chi connectivity index (χ2n) is 2.37. The van der Waals surface area contributed by atoms with Crippen LogP contribution in [0.5, 0.6) is 5.75 Å². The smallest absolute Gasteiger partial charge is 0.117 e. The molecule has 0 spiro atoms. The van der Waals surface area contributed by atoms with Gasteiger partial charge in [0.25, 0.3) is 0 Å². The summed E-state index contributed by atoms with van der Waals surface area (Å²) in [5.74, 6) is 0.999. The van der Waals surface area contributed by atoms with Gasteiger partial charge in [-0.15, -0.1) is 0 Å². The van der Waals surface area contributed by atoms with Crippen molar-refractivity contribution in [1.29, 1.82) is 0 Å². The van der Waals surface area contributed by atoms with Crippen molar-refractivity contribution in [1.82, 2.24) is 0 Å². The van der Waals surface area contributed by atoms with Crippen molar-refractivity contribution >= 4 is 15.4 Å². The maximum atomic E-state index is 5.40. The molecule has 0 aromatic heterocycles. The third kappa shape index (κ3) is 2.24. The van der Waals surface area contributed by atoms with Crippen molar-refractivity contribution in [3.8, 4) is 5.75 Å². The van der Waals surface area contributed by atoms with E-state index in [1.54, 1.807) is 6.08 Å². The van der Waals surface area contributed by atoms with Crippen LogP contribution < -0.4 is 9.92 Å². The summed E-state index contributed by atoms with van der Waals surface area (Å²) in [6.07, 6.45) is 1.76. The summed E-state index contributed by atoms with van der Waals surface area (Å²) in [4.78, 5) is 0. The lowest BCUT2D eigenvalue weighted by Crippen LogP contribution is -2.08. The van der Waals surface area contributed by atoms with Gasteiger partial charge >= 0.3 is 0 Å². The van der Waals surface area contributed by atoms with Gasteiger partial charge in [-0.25, -0.2) is 0 Å². The van der Waals surface area contributed by atoms with Crippen LogP contribution in [0.2, 0.25) is 0 Å². The minimum absolute atomic E-state index is 0.596. The molecular weight excluding hydrogens is 152 g/mol. The lowest BCUT2D eigenvalue weighted by atomic mass is 10.3. The summed E-state index contributed by atoms with van der Waals surface area (Å²) in [7, 11) is 1.03. The normalized spacial score (nSPS) is 9.45. The highest BCUT2D eigenvalue weighted by Crippen LogP contribution is 2.03. The van der Waals surface area contributed by atoms with Gasteiger partial charge in [0.2, 0.25) is 0 Å². The van der Waals surface area contributed by atoms with Crippen LogP contribution in [0.15, 0.2) is 36.9 Å². The third-order valence-electron chi connectivity index (χ3n) is 1.45. The Bertz CT molecular complexity index is 245. The molecule has 11 heavy (non-hydrogen) atoms. The van der Waals surface area contributed by atoms with Crippen molar-refractivity contribution in [3.63, 3.8) is 0 Å². The molecule has 0 aliphatic carbocycles. The number of rotatable bonds is 3. The molecule has 0 aliphatic heterocycles. The van der Waals surface area contributed by atoms with Crippen LogP contribution in [-0.4, -0.2) is 16.8 Å². The second kappa shape index (κ2) is 3.98. The van der Waals surface area contributed by atoms with Gasteiger partial charge in [0.05, 0.1) is 0 Å². The predicted octanol–water partition coefficient (Wildman–Crippen LogP) is 0.242. The highest BCUT2D eigenvalue weighted by molar-refractivity contribution is 6.34. The Morgan fingerprint density at radius 1 is 1.45 bits per heavy atom. The van der Waals surface area contributed by atoms with Crippen LogP contribution in [0.25, 0.3) is 0 Å². The van der Waals surface area contributed by atoms with Crippen molar-refractivity contribution in [2.75, 3.05) is 6.61 Å². The fraction of sp³-hybridized carbons (Fsp3) is 0.111. The maximum absolute atomic E-state index is 5.40. The van der Waals surface area contributed by atoms with Crippen LogP contribution in [0.3, 0.4) is 0 Å². The molecule has 58 valence electrons. The standard InChI is InChI=1S/C9H12OSi/c1-2-7-10-8-5-3-4-6-9(8)11/h2-6H,1,7H2,11H3. The van der Waals surface area contributed by atoms with Crippen molar-refractivity contribution in [2.24, 2.45) is 0 Å². The van der Waals surface area contributed by atoms with Gasteiger partial charge in [-0.2, -0.15) is 0 Å². The number of para-hydroxylation sites is 1. The molecule has 0 saturated carbocycles. The molecule has 1 aromatic carbocycles. The highest BCUT2D eigenvalue weighted by atomic mass is 28.1. The Labute approximate surface area is 70.1 Å². The first-order valence-electron chi connectivity index (χ1n) is 3.64. The number of benzene rings is 1. The van der Waals surface area contributed by atoms with E-state index in [1.807, 2.05) is 18.2 Å². The summed E-state index contributed by atoms with van der Waals surface area (Å²) in [6, 6.07) is 8.10. The maximum Gasteiger partial charge on any atom is 0.117 e. The van der Waals surface area contributed by atoms with E-state index < -0.39 is 0 Å². The SMILES string of the molecule is C=CCOc1ccccc1[SiH3]. The summed E-state index contributed by atoms with van der Waals surface area (Å²) in [6.45, 7) is 4.19. The first-order valence-corrected chi connectivity index (χ1v) is 4.64. The molecule has 0 atom stereocenters. The van der Waals surface area contributed by atoms with Crippen LogP contribution in [0, 0.1) is 0 Å². The minimum atomic E-state index is 0.596. The number of hydrogen-bond donors (Lipinski definition) is 0. The summed E-state index contributed by atoms with van der Waals surface area (Å²) >= 11 is 0. The average molecular weight is 164 g/mol. The molecule has 2 heteroatoms. The van der Waals surface area contributed by atoms with Gasteiger partial charge in [-0.05, 0) is 11.3 Å². The Kier molecular flexibility index (Phi) is 2.92. The average Bonchev–Trinajstić information content (AvgIpc) is 2.03. The van der Waals surface area contributed by atoms with E-state index in [4.69, 9.17) is 4.74 Å². The van der Waals surface area contributed by atoms with Crippen LogP contribution in [0.1, 0.15) is 0 Å². The van der Waals surface area contributed by atoms with Crippen molar-refractivity contribution in [3.05, 3.63) is 36.9 Å². The molecule has 0 aliphatic rings. The zero-order valence-electron chi connectivity index (χ0n) is 6.71. The lowest BCUT2D eigenvalue weighted by Gasteiger charge is -2.05. The summed E-state index contributed by atoms with van der Waals surface area (Å²) < 4.78 is 5.40. The molecule has 0 unspecified atom stereocenters. The molecule has 1 aromatic rings. The van der Waals surface area contributed by atoms with Gasteiger partial charge in [-0.1, -0.05) is 30.9 Å². The highest BCUT2D eigenvalue weighted by Gasteiger charge is 1.93.